The second-order valence-electron chi connectivity index (χ2n) is 14.3. The number of rotatable bonds is 18. The van der Waals surface area contributed by atoms with Gasteiger partial charge in [-0.25, -0.2) is 0 Å². The first-order chi connectivity index (χ1) is 29.7. The van der Waals surface area contributed by atoms with Crippen LogP contribution in [0.4, 0.5) is 34.1 Å². The summed E-state index contributed by atoms with van der Waals surface area (Å²) in [6.45, 7) is 9.09. The Hall–Kier alpha value is -7.51. The Morgan fingerprint density at radius 2 is 0.607 bits per heavy atom. The van der Waals surface area contributed by atoms with Gasteiger partial charge in [-0.15, -0.1) is 0 Å². The van der Waals surface area contributed by atoms with Crippen LogP contribution in [0.2, 0.25) is 0 Å². The first kappa shape index (κ1) is 43.1. The van der Waals surface area contributed by atoms with E-state index in [-0.39, 0.29) is 17.2 Å². The van der Waals surface area contributed by atoms with Gasteiger partial charge in [0.15, 0.2) is 0 Å². The molecule has 0 unspecified atom stereocenters. The highest BCUT2D eigenvalue weighted by molar-refractivity contribution is 5.86. The normalized spacial score (nSPS) is 12.2. The number of phenolic OH excluding ortho intramolecular Hbond substituents is 3. The van der Waals surface area contributed by atoms with E-state index < -0.39 is 0 Å². The van der Waals surface area contributed by atoms with Crippen molar-refractivity contribution in [2.45, 2.75) is 20.8 Å². The SMILES string of the molecule is Cc1ccc(N=Nc2ccc(O)c(C=NCCN(CCN=Cc3cc(N=Nc4ccc(C)cc4)ccc3O)CCN=Cc3cc(N=Nc4ccc(C)cc4)ccc3O)c2)cc1. The van der Waals surface area contributed by atoms with Crippen LogP contribution in [0.25, 0.3) is 0 Å². The van der Waals surface area contributed by atoms with Crippen molar-refractivity contribution in [1.29, 1.82) is 0 Å². The van der Waals surface area contributed by atoms with Crippen molar-refractivity contribution in [1.82, 2.24) is 4.90 Å². The zero-order valence-corrected chi connectivity index (χ0v) is 34.4. The minimum Gasteiger partial charge on any atom is -0.507 e. The highest BCUT2D eigenvalue weighted by Crippen LogP contribution is 2.27. The Bertz CT molecular complexity index is 2270. The molecule has 0 radical (unpaired) electrons. The summed E-state index contributed by atoms with van der Waals surface area (Å²) in [5, 5.41) is 57.5. The summed E-state index contributed by atoms with van der Waals surface area (Å²) in [4.78, 5) is 16.0. The van der Waals surface area contributed by atoms with Crippen LogP contribution in [0.1, 0.15) is 33.4 Å². The first-order valence-corrected chi connectivity index (χ1v) is 19.8. The largest absolute Gasteiger partial charge is 0.507 e. The maximum absolute atomic E-state index is 10.5. The molecule has 0 aliphatic carbocycles. The third-order valence-electron chi connectivity index (χ3n) is 9.31. The van der Waals surface area contributed by atoms with Crippen molar-refractivity contribution >= 4 is 52.8 Å². The van der Waals surface area contributed by atoms with Gasteiger partial charge in [-0.1, -0.05) is 53.1 Å². The number of hydrogen-bond donors (Lipinski definition) is 3. The summed E-state index contributed by atoms with van der Waals surface area (Å²) in [7, 11) is 0. The van der Waals surface area contributed by atoms with Gasteiger partial charge in [0.25, 0.3) is 0 Å². The Labute approximate surface area is 355 Å². The van der Waals surface area contributed by atoms with E-state index in [1.165, 1.54) is 0 Å². The molecule has 0 saturated carbocycles. The maximum atomic E-state index is 10.5. The van der Waals surface area contributed by atoms with Crippen LogP contribution in [0, 0.1) is 20.8 Å². The number of benzene rings is 6. The van der Waals surface area contributed by atoms with E-state index in [0.717, 1.165) is 33.8 Å². The van der Waals surface area contributed by atoms with Gasteiger partial charge in [0.05, 0.1) is 53.8 Å². The molecule has 0 aliphatic heterocycles. The minimum atomic E-state index is 0.0893. The lowest BCUT2D eigenvalue weighted by Crippen LogP contribution is -2.31. The fourth-order valence-electron chi connectivity index (χ4n) is 5.72. The second-order valence-corrected chi connectivity index (χ2v) is 14.3. The number of azo groups is 3. The molecule has 0 aromatic heterocycles. The predicted octanol–water partition coefficient (Wildman–Crippen LogP) is 11.9. The molecule has 6 rings (SSSR count). The molecule has 0 amide bonds. The Morgan fingerprint density at radius 1 is 0.361 bits per heavy atom. The number of phenols is 3. The zero-order chi connectivity index (χ0) is 42.8. The van der Waals surface area contributed by atoms with Gasteiger partial charge in [0, 0.05) is 55.0 Å². The van der Waals surface area contributed by atoms with E-state index in [4.69, 9.17) is 0 Å². The summed E-state index contributed by atoms with van der Waals surface area (Å²) in [5.74, 6) is 0.268. The van der Waals surface area contributed by atoms with Crippen molar-refractivity contribution in [3.05, 3.63) is 161 Å². The third-order valence-corrected chi connectivity index (χ3v) is 9.31. The van der Waals surface area contributed by atoms with Crippen LogP contribution >= 0.6 is 0 Å². The molecule has 0 aliphatic rings. The lowest BCUT2D eigenvalue weighted by molar-refractivity contribution is 0.298. The highest BCUT2D eigenvalue weighted by atomic mass is 16.3. The summed E-state index contributed by atoms with van der Waals surface area (Å²) >= 11 is 0. The number of aryl methyl sites for hydroxylation is 3. The quantitative estimate of drug-likeness (QED) is 0.0578. The number of aromatic hydroxyl groups is 3. The summed E-state index contributed by atoms with van der Waals surface area (Å²) < 4.78 is 0. The lowest BCUT2D eigenvalue weighted by Gasteiger charge is -2.19. The third kappa shape index (κ3) is 14.1. The molecule has 6 aromatic carbocycles. The van der Waals surface area contributed by atoms with Crippen LogP contribution in [0.5, 0.6) is 17.2 Å². The molecule has 3 N–H and O–H groups in total. The standard InChI is InChI=1S/C48H48N10O3/c1-34-4-10-40(11-5-34)52-55-43-16-19-46(59)37(28-43)31-49-22-25-58(26-23-50-32-38-29-44(17-20-47(38)60)56-53-41-12-6-35(2)7-13-41)27-24-51-33-39-30-45(18-21-48(39)61)57-54-42-14-8-36(3)9-15-42/h4-21,28-33,59-61H,22-27H2,1-3H3. The van der Waals surface area contributed by atoms with Crippen LogP contribution in [0.3, 0.4) is 0 Å². The molecule has 0 spiro atoms. The molecule has 0 bridgehead atoms. The van der Waals surface area contributed by atoms with Gasteiger partial charge < -0.3 is 15.3 Å². The fraction of sp³-hybridized carbons (Fsp3) is 0.188. The van der Waals surface area contributed by atoms with Crippen LogP contribution in [-0.4, -0.2) is 78.1 Å². The molecule has 308 valence electrons. The van der Waals surface area contributed by atoms with Gasteiger partial charge in [0.2, 0.25) is 0 Å². The molecule has 0 saturated heterocycles. The van der Waals surface area contributed by atoms with E-state index in [1.54, 1.807) is 73.2 Å². The van der Waals surface area contributed by atoms with Crippen LogP contribution < -0.4 is 0 Å². The molecule has 0 heterocycles. The Balaban J connectivity index is 1.09. The minimum absolute atomic E-state index is 0.0893. The molecule has 0 fully saturated rings. The molecule has 13 nitrogen and oxygen atoms in total. The van der Waals surface area contributed by atoms with Crippen molar-refractivity contribution in [2.75, 3.05) is 39.3 Å². The summed E-state index contributed by atoms with van der Waals surface area (Å²) in [6, 6.07) is 38.3. The van der Waals surface area contributed by atoms with E-state index in [2.05, 4.69) is 50.6 Å². The Kier molecular flexibility index (Phi) is 15.6. The molecular weight excluding hydrogens is 765 g/mol. The van der Waals surface area contributed by atoms with E-state index >= 15 is 0 Å². The van der Waals surface area contributed by atoms with Crippen molar-refractivity contribution in [3.8, 4) is 17.2 Å². The van der Waals surface area contributed by atoms with Gasteiger partial charge in [-0.2, -0.15) is 30.7 Å². The van der Waals surface area contributed by atoms with Gasteiger partial charge in [-0.05, 0) is 112 Å². The second kappa shape index (κ2) is 22.0. The summed E-state index contributed by atoms with van der Waals surface area (Å²) in [6.07, 6.45) is 4.89. The first-order valence-electron chi connectivity index (χ1n) is 19.8. The molecular formula is C48H48N10O3. The van der Waals surface area contributed by atoms with Crippen molar-refractivity contribution in [2.24, 2.45) is 45.7 Å². The Morgan fingerprint density at radius 3 is 0.885 bits per heavy atom. The van der Waals surface area contributed by atoms with Crippen LogP contribution in [0.15, 0.2) is 173 Å². The van der Waals surface area contributed by atoms with Crippen molar-refractivity contribution in [3.63, 3.8) is 0 Å². The lowest BCUT2D eigenvalue weighted by atomic mass is 10.2. The average Bonchev–Trinajstić information content (AvgIpc) is 3.26. The predicted molar refractivity (Wildman–Crippen MR) is 244 cm³/mol. The number of nitrogens with zero attached hydrogens (tertiary/aromatic N) is 10. The van der Waals surface area contributed by atoms with Gasteiger partial charge in [0.1, 0.15) is 17.2 Å². The van der Waals surface area contributed by atoms with Gasteiger partial charge in [-0.3, -0.25) is 19.9 Å². The monoisotopic (exact) mass is 812 g/mol. The number of aliphatic imine (C=N–C) groups is 3. The zero-order valence-electron chi connectivity index (χ0n) is 34.4. The number of hydrogen-bond acceptors (Lipinski definition) is 13. The van der Waals surface area contributed by atoms with E-state index in [1.807, 2.05) is 93.6 Å². The molecule has 6 aromatic rings. The topological polar surface area (TPSA) is 175 Å². The smallest absolute Gasteiger partial charge is 0.124 e. The average molecular weight is 813 g/mol. The molecule has 61 heavy (non-hydrogen) atoms. The maximum Gasteiger partial charge on any atom is 0.124 e. The van der Waals surface area contributed by atoms with E-state index in [9.17, 15) is 15.3 Å². The fourth-order valence-corrected chi connectivity index (χ4v) is 5.72. The van der Waals surface area contributed by atoms with Gasteiger partial charge >= 0.3 is 0 Å². The summed E-state index contributed by atoms with van der Waals surface area (Å²) in [5.41, 5.74) is 8.99. The van der Waals surface area contributed by atoms with E-state index in [0.29, 0.717) is 73.0 Å². The van der Waals surface area contributed by atoms with Crippen LogP contribution in [-0.2, 0) is 0 Å². The highest BCUT2D eigenvalue weighted by Gasteiger charge is 2.07. The van der Waals surface area contributed by atoms with Crippen molar-refractivity contribution < 1.29 is 15.3 Å². The molecule has 0 atom stereocenters. The molecule has 13 heteroatoms.